The summed E-state index contributed by atoms with van der Waals surface area (Å²) in [5.41, 5.74) is 1.39. The van der Waals surface area contributed by atoms with Gasteiger partial charge in [-0.15, -0.1) is 11.3 Å². The quantitative estimate of drug-likeness (QED) is 0.792. The number of thiophene rings is 1. The van der Waals surface area contributed by atoms with Crippen molar-refractivity contribution in [3.8, 4) is 16.9 Å². The van der Waals surface area contributed by atoms with E-state index in [0.29, 0.717) is 17.2 Å². The van der Waals surface area contributed by atoms with Crippen LogP contribution in [0.2, 0.25) is 0 Å². The number of carbonyl (C=O) groups is 2. The van der Waals surface area contributed by atoms with Gasteiger partial charge in [0, 0.05) is 16.4 Å². The second-order valence-electron chi connectivity index (χ2n) is 6.51. The zero-order valence-electron chi connectivity index (χ0n) is 15.1. The summed E-state index contributed by atoms with van der Waals surface area (Å²) in [4.78, 5) is 24.6. The van der Waals surface area contributed by atoms with Crippen LogP contribution in [0.5, 0.6) is 5.75 Å². The molecular weight excluding hydrogens is 338 g/mol. The number of methoxy groups -OCH3 is 1. The normalized spacial score (nSPS) is 11.1. The summed E-state index contributed by atoms with van der Waals surface area (Å²) in [6, 6.07) is 7.47. The van der Waals surface area contributed by atoms with Gasteiger partial charge >= 0.3 is 5.97 Å². The van der Waals surface area contributed by atoms with E-state index in [4.69, 9.17) is 9.47 Å². The Kier molecular flexibility index (Phi) is 5.85. The minimum absolute atomic E-state index is 0.155. The third-order valence-corrected chi connectivity index (χ3v) is 4.46. The summed E-state index contributed by atoms with van der Waals surface area (Å²) < 4.78 is 10.4. The predicted molar refractivity (Wildman–Crippen MR) is 100 cm³/mol. The third-order valence-electron chi connectivity index (χ3n) is 3.57. The molecule has 5 nitrogen and oxygen atoms in total. The van der Waals surface area contributed by atoms with E-state index in [2.05, 4.69) is 5.32 Å². The molecule has 0 saturated heterocycles. The lowest BCUT2D eigenvalue weighted by molar-refractivity contribution is -0.123. The fraction of sp³-hybridized carbons (Fsp3) is 0.368. The number of carbonyl (C=O) groups excluding carboxylic acids is 2. The highest BCUT2D eigenvalue weighted by Gasteiger charge is 2.26. The number of nitrogens with one attached hydrogen (secondary N) is 1. The lowest BCUT2D eigenvalue weighted by Crippen LogP contribution is -2.28. The third kappa shape index (κ3) is 4.39. The Morgan fingerprint density at radius 1 is 1.16 bits per heavy atom. The second kappa shape index (κ2) is 7.70. The predicted octanol–water partition coefficient (Wildman–Crippen LogP) is 4.59. The average Bonchev–Trinajstić information content (AvgIpc) is 2.98. The van der Waals surface area contributed by atoms with E-state index in [1.807, 2.05) is 57.3 Å². The van der Waals surface area contributed by atoms with Crippen LogP contribution in [0, 0.1) is 5.41 Å². The Morgan fingerprint density at radius 3 is 2.32 bits per heavy atom. The van der Waals surface area contributed by atoms with Gasteiger partial charge in [-0.25, -0.2) is 4.79 Å². The van der Waals surface area contributed by atoms with Crippen molar-refractivity contribution in [3.05, 3.63) is 35.2 Å². The largest absolute Gasteiger partial charge is 0.494 e. The molecule has 1 heterocycles. The molecule has 134 valence electrons. The summed E-state index contributed by atoms with van der Waals surface area (Å²) in [5, 5.41) is 5.19. The number of rotatable bonds is 5. The zero-order chi connectivity index (χ0) is 18.6. The highest BCUT2D eigenvalue weighted by molar-refractivity contribution is 7.15. The molecule has 0 unspecified atom stereocenters. The number of hydrogen-bond donors (Lipinski definition) is 1. The van der Waals surface area contributed by atoms with Crippen LogP contribution < -0.4 is 10.1 Å². The first-order valence-electron chi connectivity index (χ1n) is 8.02. The first kappa shape index (κ1) is 19.0. The first-order chi connectivity index (χ1) is 11.8. The summed E-state index contributed by atoms with van der Waals surface area (Å²) >= 11 is 1.31. The van der Waals surface area contributed by atoms with Crippen LogP contribution in [-0.2, 0) is 9.53 Å². The van der Waals surface area contributed by atoms with Crippen molar-refractivity contribution in [3.63, 3.8) is 0 Å². The molecule has 1 aromatic carbocycles. The fourth-order valence-corrected chi connectivity index (χ4v) is 3.11. The number of amides is 1. The molecule has 0 spiro atoms. The molecule has 0 aliphatic carbocycles. The summed E-state index contributed by atoms with van der Waals surface area (Å²) in [6.07, 6.45) is 0. The fourth-order valence-electron chi connectivity index (χ4n) is 2.16. The van der Waals surface area contributed by atoms with Gasteiger partial charge in [-0.05, 0) is 24.6 Å². The van der Waals surface area contributed by atoms with Gasteiger partial charge < -0.3 is 14.8 Å². The maximum atomic E-state index is 12.3. The minimum Gasteiger partial charge on any atom is -0.494 e. The first-order valence-corrected chi connectivity index (χ1v) is 8.90. The highest BCUT2D eigenvalue weighted by Crippen LogP contribution is 2.37. The Morgan fingerprint density at radius 2 is 1.80 bits per heavy atom. The van der Waals surface area contributed by atoms with E-state index in [1.165, 1.54) is 18.4 Å². The van der Waals surface area contributed by atoms with Crippen LogP contribution in [-0.4, -0.2) is 25.6 Å². The Bertz CT molecular complexity index is 757. The number of esters is 1. The van der Waals surface area contributed by atoms with Crippen LogP contribution in [0.15, 0.2) is 29.6 Å². The monoisotopic (exact) mass is 361 g/mol. The van der Waals surface area contributed by atoms with E-state index in [0.717, 1.165) is 16.9 Å². The number of ether oxygens (including phenoxy) is 2. The van der Waals surface area contributed by atoms with Crippen molar-refractivity contribution in [1.82, 2.24) is 0 Å². The SMILES string of the molecule is CCOc1ccc(-c2csc(NC(=O)C(C)(C)C)c2C(=O)OC)cc1. The molecule has 0 aliphatic rings. The standard InChI is InChI=1S/C19H23NO4S/c1-6-24-13-9-7-12(8-10-13)14-11-25-16(15(14)17(21)23-5)20-18(22)19(2,3)4/h7-11H,6H2,1-5H3,(H,20,22). The molecule has 2 aromatic rings. The molecule has 1 N–H and O–H groups in total. The summed E-state index contributed by atoms with van der Waals surface area (Å²) in [5.74, 6) is 0.134. The van der Waals surface area contributed by atoms with Gasteiger partial charge in [0.25, 0.3) is 0 Å². The summed E-state index contributed by atoms with van der Waals surface area (Å²) in [7, 11) is 1.33. The molecule has 0 bridgehead atoms. The van der Waals surface area contributed by atoms with E-state index in [9.17, 15) is 9.59 Å². The Hall–Kier alpha value is -2.34. The van der Waals surface area contributed by atoms with E-state index in [1.54, 1.807) is 0 Å². The maximum Gasteiger partial charge on any atom is 0.341 e. The number of hydrogen-bond acceptors (Lipinski definition) is 5. The van der Waals surface area contributed by atoms with Crippen LogP contribution in [0.25, 0.3) is 11.1 Å². The molecule has 2 rings (SSSR count). The van der Waals surface area contributed by atoms with Gasteiger partial charge in [-0.2, -0.15) is 0 Å². The molecular formula is C19H23NO4S. The smallest absolute Gasteiger partial charge is 0.341 e. The van der Waals surface area contributed by atoms with Crippen molar-refractivity contribution in [1.29, 1.82) is 0 Å². The van der Waals surface area contributed by atoms with Crippen molar-refractivity contribution in [2.45, 2.75) is 27.7 Å². The number of benzene rings is 1. The topological polar surface area (TPSA) is 64.6 Å². The van der Waals surface area contributed by atoms with E-state index >= 15 is 0 Å². The van der Waals surface area contributed by atoms with Gasteiger partial charge in [0.1, 0.15) is 16.3 Å². The lowest BCUT2D eigenvalue weighted by atomic mass is 9.95. The van der Waals surface area contributed by atoms with Gasteiger partial charge in [0.2, 0.25) is 5.91 Å². The van der Waals surface area contributed by atoms with Crippen molar-refractivity contribution < 1.29 is 19.1 Å². The van der Waals surface area contributed by atoms with Gasteiger partial charge in [0.05, 0.1) is 13.7 Å². The molecule has 0 radical (unpaired) electrons. The zero-order valence-corrected chi connectivity index (χ0v) is 16.0. The van der Waals surface area contributed by atoms with Gasteiger partial charge in [-0.3, -0.25) is 4.79 Å². The van der Waals surface area contributed by atoms with Crippen LogP contribution in [0.1, 0.15) is 38.1 Å². The highest BCUT2D eigenvalue weighted by atomic mass is 32.1. The maximum absolute atomic E-state index is 12.3. The molecule has 6 heteroatoms. The molecule has 25 heavy (non-hydrogen) atoms. The minimum atomic E-state index is -0.559. The van der Waals surface area contributed by atoms with Crippen LogP contribution >= 0.6 is 11.3 Å². The lowest BCUT2D eigenvalue weighted by Gasteiger charge is -2.17. The average molecular weight is 361 g/mol. The molecule has 0 aliphatic heterocycles. The van der Waals surface area contributed by atoms with Crippen LogP contribution in [0.4, 0.5) is 5.00 Å². The summed E-state index contributed by atoms with van der Waals surface area (Å²) in [6.45, 7) is 7.98. The Labute approximate surface area is 152 Å². The van der Waals surface area contributed by atoms with E-state index in [-0.39, 0.29) is 5.91 Å². The van der Waals surface area contributed by atoms with Crippen LogP contribution in [0.3, 0.4) is 0 Å². The molecule has 0 saturated carbocycles. The molecule has 0 fully saturated rings. The molecule has 1 aromatic heterocycles. The van der Waals surface area contributed by atoms with Crippen molar-refractivity contribution in [2.75, 3.05) is 19.0 Å². The number of anilines is 1. The van der Waals surface area contributed by atoms with Crippen molar-refractivity contribution in [2.24, 2.45) is 5.41 Å². The van der Waals surface area contributed by atoms with Crippen molar-refractivity contribution >= 4 is 28.2 Å². The van der Waals surface area contributed by atoms with Gasteiger partial charge in [-0.1, -0.05) is 32.9 Å². The molecule has 0 atom stereocenters. The second-order valence-corrected chi connectivity index (χ2v) is 7.39. The van der Waals surface area contributed by atoms with E-state index < -0.39 is 11.4 Å². The molecule has 1 amide bonds. The Balaban J connectivity index is 2.42. The van der Waals surface area contributed by atoms with Gasteiger partial charge in [0.15, 0.2) is 0 Å².